The largest absolute Gasteiger partial charge is 0.306 e. The fourth-order valence-corrected chi connectivity index (χ4v) is 6.19. The van der Waals surface area contributed by atoms with Crippen molar-refractivity contribution < 1.29 is 8.78 Å². The number of anilines is 1. The Labute approximate surface area is 203 Å². The van der Waals surface area contributed by atoms with Crippen molar-refractivity contribution in [2.75, 3.05) is 30.5 Å². The van der Waals surface area contributed by atoms with Crippen molar-refractivity contribution in [3.8, 4) is 0 Å². The summed E-state index contributed by atoms with van der Waals surface area (Å²) in [5.41, 5.74) is 3.59. The predicted molar refractivity (Wildman–Crippen MR) is 139 cm³/mol. The van der Waals surface area contributed by atoms with E-state index >= 15 is 0 Å². The van der Waals surface area contributed by atoms with E-state index in [1.807, 2.05) is 18.2 Å². The average Bonchev–Trinajstić information content (AvgIpc) is 3.33. The third kappa shape index (κ3) is 5.14. The van der Waals surface area contributed by atoms with Crippen LogP contribution in [0.15, 0.2) is 64.8 Å². The Morgan fingerprint density at radius 3 is 2.26 bits per heavy atom. The number of hydrogen-bond acceptors (Lipinski definition) is 5. The molecule has 0 spiro atoms. The Morgan fingerprint density at radius 2 is 1.68 bits per heavy atom. The molecule has 0 aromatic heterocycles. The van der Waals surface area contributed by atoms with E-state index in [1.54, 1.807) is 0 Å². The Kier molecular flexibility index (Phi) is 7.18. The van der Waals surface area contributed by atoms with Gasteiger partial charge in [0.15, 0.2) is 0 Å². The molecule has 5 nitrogen and oxygen atoms in total. The first-order valence-corrected chi connectivity index (χ1v) is 13.3. The van der Waals surface area contributed by atoms with Gasteiger partial charge < -0.3 is 4.31 Å². The molecule has 180 valence electrons. The van der Waals surface area contributed by atoms with Crippen LogP contribution in [-0.4, -0.2) is 65.1 Å². The molecule has 2 heterocycles. The first-order valence-electron chi connectivity index (χ1n) is 11.9. The number of alkyl halides is 2. The van der Waals surface area contributed by atoms with E-state index in [0.29, 0.717) is 5.71 Å². The molecule has 2 aromatic carbocycles. The van der Waals surface area contributed by atoms with Gasteiger partial charge in [-0.15, -0.1) is 0 Å². The van der Waals surface area contributed by atoms with Crippen LogP contribution in [0.2, 0.25) is 0 Å². The van der Waals surface area contributed by atoms with Gasteiger partial charge in [0.05, 0.1) is 12.3 Å². The van der Waals surface area contributed by atoms with Crippen molar-refractivity contribution in [1.82, 2.24) is 9.21 Å². The zero-order chi connectivity index (χ0) is 23.5. The summed E-state index contributed by atoms with van der Waals surface area (Å²) in [7, 11) is -0.311. The van der Waals surface area contributed by atoms with Gasteiger partial charge in [-0.05, 0) is 52.8 Å². The van der Waals surface area contributed by atoms with Gasteiger partial charge in [-0.25, -0.2) is 13.1 Å². The Balaban J connectivity index is 1.27. The molecule has 2 aliphatic heterocycles. The first-order chi connectivity index (χ1) is 16.6. The third-order valence-electron chi connectivity index (χ3n) is 6.97. The van der Waals surface area contributed by atoms with Gasteiger partial charge in [0.2, 0.25) is 0 Å². The summed E-state index contributed by atoms with van der Waals surface area (Å²) in [6, 6.07) is 19.3. The first kappa shape index (κ1) is 23.3. The summed E-state index contributed by atoms with van der Waals surface area (Å²) in [4.78, 5) is 2.65. The predicted octanol–water partition coefficient (Wildman–Crippen LogP) is 5.21. The minimum atomic E-state index is -2.55. The van der Waals surface area contributed by atoms with E-state index in [-0.39, 0.29) is 23.0 Å². The number of hydrogen-bond donors (Lipinski definition) is 0. The summed E-state index contributed by atoms with van der Waals surface area (Å²) in [6.07, 6.45) is 1.64. The van der Waals surface area contributed by atoms with Gasteiger partial charge in [-0.2, -0.15) is 10.2 Å². The van der Waals surface area contributed by atoms with E-state index in [0.717, 1.165) is 55.6 Å². The Bertz CT molecular complexity index is 1060. The number of para-hydroxylation sites is 1. The summed E-state index contributed by atoms with van der Waals surface area (Å²) in [5.74, 6) is 4.60. The monoisotopic (exact) mass is 483 g/mol. The molecule has 1 atom stereocenters. The van der Waals surface area contributed by atoms with E-state index in [4.69, 9.17) is 0 Å². The smallest absolute Gasteiger partial charge is 0.278 e. The highest BCUT2D eigenvalue weighted by Crippen LogP contribution is 2.34. The zero-order valence-electron chi connectivity index (χ0n) is 19.3. The topological polar surface area (TPSA) is 34.4 Å². The van der Waals surface area contributed by atoms with Gasteiger partial charge in [-0.3, -0.25) is 4.90 Å². The number of nitrogens with zero attached hydrogens (tertiary/aromatic N) is 5. The maximum Gasteiger partial charge on any atom is 0.278 e. The summed E-state index contributed by atoms with van der Waals surface area (Å²) < 4.78 is 30.7. The molecule has 1 saturated carbocycles. The van der Waals surface area contributed by atoms with Crippen molar-refractivity contribution in [3.63, 3.8) is 0 Å². The lowest BCUT2D eigenvalue weighted by molar-refractivity contribution is 0.0917. The van der Waals surface area contributed by atoms with Crippen LogP contribution in [0.5, 0.6) is 0 Å². The minimum absolute atomic E-state index is 0.113. The third-order valence-corrected chi connectivity index (χ3v) is 8.78. The molecule has 0 bridgehead atoms. The van der Waals surface area contributed by atoms with Crippen LogP contribution in [0.4, 0.5) is 14.5 Å². The molecule has 2 aromatic rings. The molecule has 2 fully saturated rings. The second-order valence-electron chi connectivity index (χ2n) is 9.07. The van der Waals surface area contributed by atoms with E-state index in [9.17, 15) is 8.78 Å². The fourth-order valence-electron chi connectivity index (χ4n) is 4.67. The second-order valence-corrected chi connectivity index (χ2v) is 10.7. The highest BCUT2D eigenvalue weighted by Gasteiger charge is 2.29. The van der Waals surface area contributed by atoms with E-state index < -0.39 is 6.43 Å². The fraction of sp³-hybridized carbons (Fsp3) is 0.423. The molecule has 34 heavy (non-hydrogen) atoms. The van der Waals surface area contributed by atoms with Crippen LogP contribution < -0.4 is 4.31 Å². The lowest BCUT2D eigenvalue weighted by Gasteiger charge is -2.45. The van der Waals surface area contributed by atoms with Crippen LogP contribution in [-0.2, 0) is 6.54 Å². The van der Waals surface area contributed by atoms with Crippen molar-refractivity contribution in [2.45, 2.75) is 44.7 Å². The SMILES string of the molecule is C=S(N1CCN(C2CCC2)CC1)N(Cc1ccc(C2=NN=C(C(F)F)C2)cc1)c1ccccc1. The standard InChI is InChI=1S/C26H31F2N5S/c1-34(32-16-14-31(15-17-32)22-8-5-9-22)33(23-6-3-2-4-7-23)19-20-10-12-21(13-11-20)24-18-25(26(27)28)30-29-24/h2-4,6-7,10-13,22,26H,1,5,8-9,14-19H2. The number of benzene rings is 2. The number of rotatable bonds is 8. The molecule has 0 amide bonds. The quantitative estimate of drug-likeness (QED) is 0.484. The number of piperazine rings is 1. The van der Waals surface area contributed by atoms with Crippen LogP contribution in [0.25, 0.3) is 0 Å². The molecule has 5 rings (SSSR count). The Hall–Kier alpha value is -2.42. The number of halogens is 2. The molecule has 8 heteroatoms. The molecule has 1 aliphatic carbocycles. The van der Waals surface area contributed by atoms with Crippen molar-refractivity contribution >= 4 is 33.8 Å². The maximum atomic E-state index is 12.9. The second kappa shape index (κ2) is 10.5. The van der Waals surface area contributed by atoms with Gasteiger partial charge in [-0.1, -0.05) is 48.9 Å². The summed E-state index contributed by atoms with van der Waals surface area (Å²) in [5, 5.41) is 7.59. The molecular weight excluding hydrogens is 452 g/mol. The average molecular weight is 484 g/mol. The highest BCUT2D eigenvalue weighted by atomic mass is 32.2. The van der Waals surface area contributed by atoms with Crippen molar-refractivity contribution in [2.24, 2.45) is 10.2 Å². The van der Waals surface area contributed by atoms with Gasteiger partial charge in [0.25, 0.3) is 6.43 Å². The molecule has 0 radical (unpaired) electrons. The Morgan fingerprint density at radius 1 is 0.971 bits per heavy atom. The van der Waals surface area contributed by atoms with Gasteiger partial charge in [0.1, 0.15) is 5.71 Å². The molecule has 1 saturated heterocycles. The minimum Gasteiger partial charge on any atom is -0.306 e. The normalized spacial score (nSPS) is 20.7. The van der Waals surface area contributed by atoms with Crippen LogP contribution in [0.1, 0.15) is 36.8 Å². The van der Waals surface area contributed by atoms with Crippen LogP contribution in [0.3, 0.4) is 0 Å². The van der Waals surface area contributed by atoms with Gasteiger partial charge >= 0.3 is 0 Å². The van der Waals surface area contributed by atoms with Crippen LogP contribution >= 0.6 is 10.9 Å². The molecular formula is C26H31F2N5S. The van der Waals surface area contributed by atoms with Crippen molar-refractivity contribution in [3.05, 3.63) is 65.7 Å². The molecule has 0 N–H and O–H groups in total. The van der Waals surface area contributed by atoms with E-state index in [2.05, 4.69) is 66.0 Å². The lowest BCUT2D eigenvalue weighted by atomic mass is 9.91. The van der Waals surface area contributed by atoms with Crippen LogP contribution in [0, 0.1) is 0 Å². The maximum absolute atomic E-state index is 12.9. The van der Waals surface area contributed by atoms with Gasteiger partial charge in [0, 0.05) is 44.3 Å². The van der Waals surface area contributed by atoms with E-state index in [1.165, 1.54) is 19.3 Å². The van der Waals surface area contributed by atoms with Crippen molar-refractivity contribution in [1.29, 1.82) is 0 Å². The molecule has 3 aliphatic rings. The lowest BCUT2D eigenvalue weighted by Crippen LogP contribution is -2.51. The zero-order valence-corrected chi connectivity index (χ0v) is 20.1. The molecule has 1 unspecified atom stereocenters. The summed E-state index contributed by atoms with van der Waals surface area (Å²) >= 11 is 0. The summed E-state index contributed by atoms with van der Waals surface area (Å²) in [6.45, 7) is 5.04. The highest BCUT2D eigenvalue weighted by molar-refractivity contribution is 8.13.